The fourth-order valence-corrected chi connectivity index (χ4v) is 4.45. The van der Waals surface area contributed by atoms with Gasteiger partial charge in [-0.1, -0.05) is 30.3 Å². The van der Waals surface area contributed by atoms with Gasteiger partial charge in [-0.15, -0.1) is 10.2 Å². The summed E-state index contributed by atoms with van der Waals surface area (Å²) < 4.78 is 7.66. The average molecular weight is 388 g/mol. The van der Waals surface area contributed by atoms with E-state index in [1.54, 1.807) is 6.33 Å². The molecule has 0 aliphatic carbocycles. The summed E-state index contributed by atoms with van der Waals surface area (Å²) in [6.07, 6.45) is 4.89. The average Bonchev–Trinajstić information content (AvgIpc) is 3.45. The second-order valence-electron chi connectivity index (χ2n) is 7.78. The maximum Gasteiger partial charge on any atom is 0.167 e. The predicted octanol–water partition coefficient (Wildman–Crippen LogP) is 2.75. The third-order valence-electron chi connectivity index (χ3n) is 5.90. The molecule has 0 bridgehead atoms. The standard InChI is InChI=1S/C22H24N6O/c23-11-19-18-8-9-27(13-16-5-2-1-3-6-16)14-20(18)22-26-25-15-28(22)21(19)24-12-17-7-4-10-29-17/h1-3,5-6,15,17,24H,4,7-10,12-14H2/t17-/m0/s1. The topological polar surface area (TPSA) is 78.5 Å². The van der Waals surface area contributed by atoms with Crippen LogP contribution in [0.1, 0.15) is 35.1 Å². The molecule has 0 radical (unpaired) electrons. The zero-order valence-electron chi connectivity index (χ0n) is 16.3. The first-order valence-electron chi connectivity index (χ1n) is 10.2. The van der Waals surface area contributed by atoms with Crippen LogP contribution in [0.3, 0.4) is 0 Å². The third kappa shape index (κ3) is 3.46. The van der Waals surface area contributed by atoms with E-state index in [9.17, 15) is 5.26 Å². The van der Waals surface area contributed by atoms with Crippen LogP contribution < -0.4 is 5.32 Å². The first kappa shape index (κ1) is 18.1. The fourth-order valence-electron chi connectivity index (χ4n) is 4.45. The summed E-state index contributed by atoms with van der Waals surface area (Å²) in [7, 11) is 0. The van der Waals surface area contributed by atoms with Crippen molar-refractivity contribution in [3.63, 3.8) is 0 Å². The van der Waals surface area contributed by atoms with E-state index in [4.69, 9.17) is 4.74 Å². The lowest BCUT2D eigenvalue weighted by Crippen LogP contribution is -2.32. The van der Waals surface area contributed by atoms with Crippen molar-refractivity contribution in [1.29, 1.82) is 5.26 Å². The van der Waals surface area contributed by atoms with Crippen LogP contribution in [0.15, 0.2) is 36.7 Å². The molecule has 1 N–H and O–H groups in total. The molecule has 0 unspecified atom stereocenters. The monoisotopic (exact) mass is 388 g/mol. The summed E-state index contributed by atoms with van der Waals surface area (Å²) in [4.78, 5) is 2.41. The number of ether oxygens (including phenoxy) is 1. The number of aromatic nitrogens is 3. The number of nitriles is 1. The summed E-state index contributed by atoms with van der Waals surface area (Å²) in [5.74, 6) is 0.790. The van der Waals surface area contributed by atoms with Crippen LogP contribution in [0, 0.1) is 11.3 Å². The minimum Gasteiger partial charge on any atom is -0.376 e. The second kappa shape index (κ2) is 7.82. The van der Waals surface area contributed by atoms with E-state index in [0.29, 0.717) is 12.1 Å². The number of nitrogens with one attached hydrogen (secondary N) is 1. The highest BCUT2D eigenvalue weighted by molar-refractivity contribution is 5.68. The number of fused-ring (bicyclic) bond motifs is 3. The Morgan fingerprint density at radius 1 is 1.24 bits per heavy atom. The van der Waals surface area contributed by atoms with Gasteiger partial charge in [-0.05, 0) is 30.4 Å². The highest BCUT2D eigenvalue weighted by Gasteiger charge is 2.27. The van der Waals surface area contributed by atoms with Gasteiger partial charge in [0.25, 0.3) is 0 Å². The minimum atomic E-state index is 0.200. The van der Waals surface area contributed by atoms with Crippen molar-refractivity contribution in [2.75, 3.05) is 25.0 Å². The Morgan fingerprint density at radius 2 is 2.14 bits per heavy atom. The first-order valence-corrected chi connectivity index (χ1v) is 10.2. The Balaban J connectivity index is 1.47. The van der Waals surface area contributed by atoms with Gasteiger partial charge in [0.05, 0.1) is 11.7 Å². The number of hydrogen-bond donors (Lipinski definition) is 1. The maximum absolute atomic E-state index is 9.98. The van der Waals surface area contributed by atoms with Gasteiger partial charge in [-0.25, -0.2) is 0 Å². The van der Waals surface area contributed by atoms with Crippen molar-refractivity contribution in [2.24, 2.45) is 0 Å². The van der Waals surface area contributed by atoms with Gasteiger partial charge in [0.15, 0.2) is 5.65 Å². The van der Waals surface area contributed by atoms with E-state index in [2.05, 4.69) is 50.7 Å². The van der Waals surface area contributed by atoms with Crippen molar-refractivity contribution in [3.05, 3.63) is 58.9 Å². The summed E-state index contributed by atoms with van der Waals surface area (Å²) in [5, 5.41) is 22.0. The lowest BCUT2D eigenvalue weighted by Gasteiger charge is -2.30. The molecule has 2 aliphatic heterocycles. The van der Waals surface area contributed by atoms with Crippen LogP contribution in [0.25, 0.3) is 5.65 Å². The van der Waals surface area contributed by atoms with Gasteiger partial charge in [-0.2, -0.15) is 5.26 Å². The molecule has 7 nitrogen and oxygen atoms in total. The van der Waals surface area contributed by atoms with Gasteiger partial charge >= 0.3 is 0 Å². The summed E-state index contributed by atoms with van der Waals surface area (Å²) in [6.45, 7) is 4.10. The van der Waals surface area contributed by atoms with Crippen LogP contribution in [-0.2, 0) is 24.2 Å². The zero-order valence-corrected chi connectivity index (χ0v) is 16.3. The van der Waals surface area contributed by atoms with E-state index >= 15 is 0 Å². The molecule has 0 spiro atoms. The van der Waals surface area contributed by atoms with Gasteiger partial charge < -0.3 is 10.1 Å². The maximum atomic E-state index is 9.98. The van der Waals surface area contributed by atoms with Crippen LogP contribution in [-0.4, -0.2) is 45.3 Å². The van der Waals surface area contributed by atoms with Crippen LogP contribution in [0.5, 0.6) is 0 Å². The number of anilines is 1. The van der Waals surface area contributed by atoms with Crippen LogP contribution >= 0.6 is 0 Å². The van der Waals surface area contributed by atoms with Crippen molar-refractivity contribution in [3.8, 4) is 6.07 Å². The Kier molecular flexibility index (Phi) is 4.88. The lowest BCUT2D eigenvalue weighted by atomic mass is 9.95. The first-order chi connectivity index (χ1) is 14.3. The molecule has 0 amide bonds. The Bertz CT molecular complexity index is 1050. The van der Waals surface area contributed by atoms with Gasteiger partial charge in [0, 0.05) is 38.3 Å². The van der Waals surface area contributed by atoms with Crippen LogP contribution in [0.4, 0.5) is 5.82 Å². The quantitative estimate of drug-likeness (QED) is 0.724. The van der Waals surface area contributed by atoms with Gasteiger partial charge in [0.1, 0.15) is 18.2 Å². The molecular formula is C22H24N6O. The Hall–Kier alpha value is -2.95. The molecule has 148 valence electrons. The summed E-state index contributed by atoms with van der Waals surface area (Å²) in [5.41, 5.74) is 5.07. The van der Waals surface area contributed by atoms with Crippen molar-refractivity contribution in [2.45, 2.75) is 38.5 Å². The van der Waals surface area contributed by atoms with E-state index in [1.165, 1.54) is 5.56 Å². The number of benzene rings is 1. The lowest BCUT2D eigenvalue weighted by molar-refractivity contribution is 0.120. The number of rotatable bonds is 5. The molecule has 29 heavy (non-hydrogen) atoms. The van der Waals surface area contributed by atoms with E-state index in [1.807, 2.05) is 10.5 Å². The van der Waals surface area contributed by atoms with Gasteiger partial charge in [-0.3, -0.25) is 9.30 Å². The second-order valence-corrected chi connectivity index (χ2v) is 7.78. The summed E-state index contributed by atoms with van der Waals surface area (Å²) >= 11 is 0. The molecule has 2 aromatic heterocycles. The SMILES string of the molecule is N#Cc1c2c(c3nncn3c1NC[C@@H]1CCCO1)CN(Cc1ccccc1)CC2. The zero-order chi connectivity index (χ0) is 19.6. The molecule has 2 aliphatic rings. The van der Waals surface area contributed by atoms with E-state index in [-0.39, 0.29) is 6.10 Å². The predicted molar refractivity (Wildman–Crippen MR) is 109 cm³/mol. The Labute approximate surface area is 169 Å². The van der Waals surface area contributed by atoms with E-state index < -0.39 is 0 Å². The highest BCUT2D eigenvalue weighted by atomic mass is 16.5. The van der Waals surface area contributed by atoms with Crippen LogP contribution in [0.2, 0.25) is 0 Å². The molecule has 4 heterocycles. The molecule has 1 saturated heterocycles. The molecular weight excluding hydrogens is 364 g/mol. The number of pyridine rings is 1. The molecule has 1 fully saturated rings. The highest BCUT2D eigenvalue weighted by Crippen LogP contribution is 2.31. The van der Waals surface area contributed by atoms with Crippen molar-refractivity contribution in [1.82, 2.24) is 19.5 Å². The van der Waals surface area contributed by atoms with E-state index in [0.717, 1.165) is 68.1 Å². The number of nitrogens with zero attached hydrogens (tertiary/aromatic N) is 5. The molecule has 5 rings (SSSR count). The van der Waals surface area contributed by atoms with Gasteiger partial charge in [0.2, 0.25) is 0 Å². The summed E-state index contributed by atoms with van der Waals surface area (Å²) in [6, 6.07) is 12.9. The minimum absolute atomic E-state index is 0.200. The molecule has 0 saturated carbocycles. The van der Waals surface area contributed by atoms with Crippen molar-refractivity contribution >= 4 is 11.5 Å². The number of hydrogen-bond acceptors (Lipinski definition) is 6. The largest absolute Gasteiger partial charge is 0.376 e. The molecule has 3 aromatic rings. The van der Waals surface area contributed by atoms with Crippen molar-refractivity contribution < 1.29 is 4.74 Å². The fraction of sp³-hybridized carbons (Fsp3) is 0.409. The smallest absolute Gasteiger partial charge is 0.167 e. The Morgan fingerprint density at radius 3 is 2.93 bits per heavy atom. The third-order valence-corrected chi connectivity index (χ3v) is 5.90. The molecule has 1 aromatic carbocycles. The normalized spacial score (nSPS) is 19.2. The molecule has 1 atom stereocenters. The molecule has 7 heteroatoms.